The third-order valence-corrected chi connectivity index (χ3v) is 5.58. The van der Waals surface area contributed by atoms with Gasteiger partial charge in [-0.2, -0.15) is 0 Å². The molecule has 0 bridgehead atoms. The first kappa shape index (κ1) is 23.8. The standard InChI is InChI=1S/C26H34N2O4/c1-3-5-6-7-8-15-22(25-28-21-14-9-10-16-24(21)32-25)27-18-19-12-11-13-20(17-19)31-23(4-2)26(29)30/h9-14,16-17,22-23,27H,3-8,15,18H2,1-2H3,(H,29,30). The van der Waals surface area contributed by atoms with E-state index in [-0.39, 0.29) is 6.04 Å². The molecule has 1 aromatic heterocycles. The van der Waals surface area contributed by atoms with Crippen LogP contribution in [0.4, 0.5) is 0 Å². The van der Waals surface area contributed by atoms with Crippen LogP contribution in [0.1, 0.15) is 76.3 Å². The van der Waals surface area contributed by atoms with Crippen molar-refractivity contribution in [3.8, 4) is 5.75 Å². The molecule has 3 aromatic rings. The van der Waals surface area contributed by atoms with E-state index < -0.39 is 12.1 Å². The Labute approximate surface area is 190 Å². The Hall–Kier alpha value is -2.86. The summed E-state index contributed by atoms with van der Waals surface area (Å²) in [4.78, 5) is 16.0. The van der Waals surface area contributed by atoms with Gasteiger partial charge in [0.15, 0.2) is 11.7 Å². The summed E-state index contributed by atoms with van der Waals surface area (Å²) in [5.74, 6) is 0.331. The zero-order valence-corrected chi connectivity index (χ0v) is 19.0. The first-order chi connectivity index (χ1) is 15.6. The molecule has 6 nitrogen and oxygen atoms in total. The summed E-state index contributed by atoms with van der Waals surface area (Å²) in [6.07, 6.45) is 6.57. The number of oxazole rings is 1. The molecule has 1 heterocycles. The predicted octanol–water partition coefficient (Wildman–Crippen LogP) is 6.26. The average Bonchev–Trinajstić information content (AvgIpc) is 3.23. The minimum atomic E-state index is -0.949. The molecule has 2 aromatic carbocycles. The van der Waals surface area contributed by atoms with Gasteiger partial charge < -0.3 is 19.6 Å². The summed E-state index contributed by atoms with van der Waals surface area (Å²) in [7, 11) is 0. The van der Waals surface area contributed by atoms with Gasteiger partial charge in [-0.3, -0.25) is 0 Å². The third-order valence-electron chi connectivity index (χ3n) is 5.58. The van der Waals surface area contributed by atoms with Gasteiger partial charge in [-0.15, -0.1) is 0 Å². The molecule has 0 aliphatic carbocycles. The number of nitrogens with zero attached hydrogens (tertiary/aromatic N) is 1. The Morgan fingerprint density at radius 1 is 1.09 bits per heavy atom. The number of hydrogen-bond donors (Lipinski definition) is 2. The number of fused-ring (bicyclic) bond motifs is 1. The summed E-state index contributed by atoms with van der Waals surface area (Å²) < 4.78 is 11.7. The van der Waals surface area contributed by atoms with Crippen molar-refractivity contribution in [1.82, 2.24) is 10.3 Å². The maximum absolute atomic E-state index is 11.3. The van der Waals surface area contributed by atoms with E-state index in [4.69, 9.17) is 14.1 Å². The van der Waals surface area contributed by atoms with Gasteiger partial charge in [-0.1, -0.05) is 70.2 Å². The Morgan fingerprint density at radius 3 is 2.66 bits per heavy atom. The molecule has 32 heavy (non-hydrogen) atoms. The molecule has 0 saturated carbocycles. The number of ether oxygens (including phenoxy) is 1. The van der Waals surface area contributed by atoms with Gasteiger partial charge in [-0.05, 0) is 42.7 Å². The van der Waals surface area contributed by atoms with Crippen LogP contribution in [0.25, 0.3) is 11.1 Å². The number of rotatable bonds is 14. The van der Waals surface area contributed by atoms with Gasteiger partial charge in [0.1, 0.15) is 11.3 Å². The molecule has 6 heteroatoms. The lowest BCUT2D eigenvalue weighted by molar-refractivity contribution is -0.145. The largest absolute Gasteiger partial charge is 0.479 e. The molecule has 0 radical (unpaired) electrons. The normalized spacial score (nSPS) is 13.2. The topological polar surface area (TPSA) is 84.6 Å². The maximum Gasteiger partial charge on any atom is 0.344 e. The lowest BCUT2D eigenvalue weighted by Crippen LogP contribution is -2.26. The number of benzene rings is 2. The summed E-state index contributed by atoms with van der Waals surface area (Å²) in [5.41, 5.74) is 2.69. The fourth-order valence-electron chi connectivity index (χ4n) is 3.75. The third kappa shape index (κ3) is 6.82. The van der Waals surface area contributed by atoms with Crippen molar-refractivity contribution < 1.29 is 19.1 Å². The lowest BCUT2D eigenvalue weighted by Gasteiger charge is -2.17. The molecular formula is C26H34N2O4. The quantitative estimate of drug-likeness (QED) is 0.289. The summed E-state index contributed by atoms with van der Waals surface area (Å²) in [5, 5.41) is 12.8. The van der Waals surface area contributed by atoms with Gasteiger partial charge >= 0.3 is 5.97 Å². The molecule has 0 fully saturated rings. The SMILES string of the molecule is CCCCCCCC(NCc1cccc(OC(CC)C(=O)O)c1)c1nc2ccccc2o1. The number of para-hydroxylation sites is 2. The molecule has 172 valence electrons. The molecule has 3 rings (SSSR count). The van der Waals surface area contributed by atoms with E-state index in [0.717, 1.165) is 29.5 Å². The zero-order valence-electron chi connectivity index (χ0n) is 19.0. The van der Waals surface area contributed by atoms with E-state index in [1.165, 1.54) is 25.7 Å². The second-order valence-electron chi connectivity index (χ2n) is 8.16. The number of aliphatic carboxylic acids is 1. The first-order valence-corrected chi connectivity index (χ1v) is 11.7. The van der Waals surface area contributed by atoms with Gasteiger partial charge in [0.25, 0.3) is 0 Å². The van der Waals surface area contributed by atoms with Crippen molar-refractivity contribution in [3.05, 3.63) is 60.0 Å². The lowest BCUT2D eigenvalue weighted by atomic mass is 10.1. The minimum Gasteiger partial charge on any atom is -0.479 e. The predicted molar refractivity (Wildman–Crippen MR) is 126 cm³/mol. The van der Waals surface area contributed by atoms with Crippen LogP contribution < -0.4 is 10.1 Å². The number of hydrogen-bond acceptors (Lipinski definition) is 5. The molecular weight excluding hydrogens is 404 g/mol. The maximum atomic E-state index is 11.3. The number of aromatic nitrogens is 1. The molecule has 2 atom stereocenters. The number of nitrogens with one attached hydrogen (secondary N) is 1. The molecule has 0 aliphatic heterocycles. The number of carboxylic acid groups (broad SMARTS) is 1. The van der Waals surface area contributed by atoms with E-state index in [0.29, 0.717) is 24.6 Å². The van der Waals surface area contributed by atoms with Crippen LogP contribution >= 0.6 is 0 Å². The van der Waals surface area contributed by atoms with E-state index in [1.54, 1.807) is 13.0 Å². The highest BCUT2D eigenvalue weighted by Gasteiger charge is 2.19. The fraction of sp³-hybridized carbons (Fsp3) is 0.462. The van der Waals surface area contributed by atoms with Gasteiger partial charge in [-0.25, -0.2) is 9.78 Å². The smallest absolute Gasteiger partial charge is 0.344 e. The molecule has 2 N–H and O–H groups in total. The second-order valence-corrected chi connectivity index (χ2v) is 8.16. The Kier molecular flexibility index (Phi) is 9.11. The van der Waals surface area contributed by atoms with Crippen LogP contribution in [-0.2, 0) is 11.3 Å². The van der Waals surface area contributed by atoms with Crippen LogP contribution in [0.15, 0.2) is 52.9 Å². The summed E-state index contributed by atoms with van der Waals surface area (Å²) in [6.45, 7) is 4.63. The second kappa shape index (κ2) is 12.2. The average molecular weight is 439 g/mol. The highest BCUT2D eigenvalue weighted by molar-refractivity contribution is 5.73. The fourth-order valence-corrected chi connectivity index (χ4v) is 3.75. The van der Waals surface area contributed by atoms with E-state index in [9.17, 15) is 9.90 Å². The minimum absolute atomic E-state index is 0.0102. The van der Waals surface area contributed by atoms with E-state index >= 15 is 0 Å². The molecule has 0 saturated heterocycles. The van der Waals surface area contributed by atoms with Crippen LogP contribution in [0.2, 0.25) is 0 Å². The monoisotopic (exact) mass is 438 g/mol. The number of unbranched alkanes of at least 4 members (excludes halogenated alkanes) is 4. The molecule has 0 spiro atoms. The van der Waals surface area contributed by atoms with Crippen molar-refractivity contribution in [2.75, 3.05) is 0 Å². The Morgan fingerprint density at radius 2 is 1.91 bits per heavy atom. The molecule has 0 aliphatic rings. The van der Waals surface area contributed by atoms with Crippen LogP contribution in [0.5, 0.6) is 5.75 Å². The van der Waals surface area contributed by atoms with Crippen LogP contribution in [0.3, 0.4) is 0 Å². The summed E-state index contributed by atoms with van der Waals surface area (Å²) >= 11 is 0. The van der Waals surface area contributed by atoms with Crippen molar-refractivity contribution in [2.24, 2.45) is 0 Å². The van der Waals surface area contributed by atoms with Crippen molar-refractivity contribution >= 4 is 17.1 Å². The number of carbonyl (C=O) groups is 1. The van der Waals surface area contributed by atoms with Gasteiger partial charge in [0.2, 0.25) is 5.89 Å². The van der Waals surface area contributed by atoms with Crippen LogP contribution in [0, 0.1) is 0 Å². The highest BCUT2D eigenvalue weighted by Crippen LogP contribution is 2.25. The Balaban J connectivity index is 1.67. The van der Waals surface area contributed by atoms with Crippen molar-refractivity contribution in [3.63, 3.8) is 0 Å². The molecule has 0 amide bonds. The van der Waals surface area contributed by atoms with Gasteiger partial charge in [0.05, 0.1) is 6.04 Å². The van der Waals surface area contributed by atoms with Crippen molar-refractivity contribution in [1.29, 1.82) is 0 Å². The zero-order chi connectivity index (χ0) is 22.8. The summed E-state index contributed by atoms with van der Waals surface area (Å²) in [6, 6.07) is 15.4. The Bertz CT molecular complexity index is 952. The first-order valence-electron chi connectivity index (χ1n) is 11.7. The van der Waals surface area contributed by atoms with Crippen LogP contribution in [-0.4, -0.2) is 22.2 Å². The van der Waals surface area contributed by atoms with E-state index in [2.05, 4.69) is 12.2 Å². The highest BCUT2D eigenvalue weighted by atomic mass is 16.5. The molecule has 2 unspecified atom stereocenters. The number of carboxylic acids is 1. The van der Waals surface area contributed by atoms with Gasteiger partial charge in [0, 0.05) is 6.54 Å². The van der Waals surface area contributed by atoms with E-state index in [1.807, 2.05) is 42.5 Å². The van der Waals surface area contributed by atoms with Crippen molar-refractivity contribution in [2.45, 2.75) is 77.5 Å².